The quantitative estimate of drug-likeness (QED) is 0.859. The van der Waals surface area contributed by atoms with E-state index < -0.39 is 9.84 Å². The number of sulfone groups is 1. The number of urea groups is 1. The summed E-state index contributed by atoms with van der Waals surface area (Å²) in [5.74, 6) is 0.626. The van der Waals surface area contributed by atoms with Crippen LogP contribution in [-0.2, 0) is 15.4 Å². The minimum absolute atomic E-state index is 0.0815. The van der Waals surface area contributed by atoms with Crippen molar-refractivity contribution in [2.75, 3.05) is 5.32 Å². The van der Waals surface area contributed by atoms with Crippen molar-refractivity contribution in [3.05, 3.63) is 12.3 Å². The van der Waals surface area contributed by atoms with Gasteiger partial charge < -0.3 is 5.32 Å². The van der Waals surface area contributed by atoms with Gasteiger partial charge in [0.1, 0.15) is 5.82 Å². The fraction of sp³-hybridized carbons (Fsp3) is 0.733. The molecule has 1 aromatic heterocycles. The van der Waals surface area contributed by atoms with Gasteiger partial charge in [0.05, 0.1) is 22.2 Å². The fourth-order valence-corrected chi connectivity index (χ4v) is 6.07. The van der Waals surface area contributed by atoms with Crippen molar-refractivity contribution in [1.82, 2.24) is 15.1 Å². The van der Waals surface area contributed by atoms with Crippen molar-refractivity contribution in [3.8, 4) is 0 Å². The molecule has 0 spiro atoms. The number of carbonyl (C=O) groups excluding carboxylic acids is 1. The van der Waals surface area contributed by atoms with Gasteiger partial charge in [0.25, 0.3) is 0 Å². The second-order valence-corrected chi connectivity index (χ2v) is 9.99. The van der Waals surface area contributed by atoms with Crippen LogP contribution in [0.5, 0.6) is 0 Å². The van der Waals surface area contributed by atoms with Gasteiger partial charge in [-0.25, -0.2) is 17.9 Å². The summed E-state index contributed by atoms with van der Waals surface area (Å²) in [7, 11) is -2.96. The highest BCUT2D eigenvalue weighted by atomic mass is 32.2. The molecule has 0 aromatic carbocycles. The lowest BCUT2D eigenvalue weighted by Gasteiger charge is -2.29. The number of fused-ring (bicyclic) bond motifs is 2. The molecule has 1 aromatic rings. The van der Waals surface area contributed by atoms with E-state index in [1.807, 2.05) is 20.8 Å². The van der Waals surface area contributed by atoms with Gasteiger partial charge in [-0.2, -0.15) is 5.10 Å². The Balaban J connectivity index is 1.62. The van der Waals surface area contributed by atoms with E-state index >= 15 is 0 Å². The van der Waals surface area contributed by atoms with Crippen molar-refractivity contribution in [3.63, 3.8) is 0 Å². The van der Waals surface area contributed by atoms with Gasteiger partial charge in [0.15, 0.2) is 9.84 Å². The molecule has 2 aliphatic heterocycles. The normalized spacial score (nSPS) is 29.3. The van der Waals surface area contributed by atoms with Crippen LogP contribution in [0, 0.1) is 0 Å². The van der Waals surface area contributed by atoms with Gasteiger partial charge in [-0.05, 0) is 46.5 Å². The third-order valence-corrected chi connectivity index (χ3v) is 7.40. The lowest BCUT2D eigenvalue weighted by Crippen LogP contribution is -2.46. The summed E-state index contributed by atoms with van der Waals surface area (Å²) in [4.78, 5) is 12.2. The first-order valence-electron chi connectivity index (χ1n) is 8.02. The third kappa shape index (κ3) is 3.08. The van der Waals surface area contributed by atoms with Crippen molar-refractivity contribution in [2.24, 2.45) is 0 Å². The summed E-state index contributed by atoms with van der Waals surface area (Å²) in [6.07, 6.45) is 4.14. The van der Waals surface area contributed by atoms with E-state index in [1.54, 1.807) is 16.9 Å². The van der Waals surface area contributed by atoms with Gasteiger partial charge in [0, 0.05) is 12.1 Å². The molecule has 2 atom stereocenters. The Morgan fingerprint density at radius 3 is 2.43 bits per heavy atom. The number of hydrogen-bond acceptors (Lipinski definition) is 4. The van der Waals surface area contributed by atoms with Crippen molar-refractivity contribution in [2.45, 2.75) is 68.5 Å². The van der Waals surface area contributed by atoms with Crippen molar-refractivity contribution < 1.29 is 13.2 Å². The van der Waals surface area contributed by atoms with Crippen LogP contribution in [0.4, 0.5) is 10.6 Å². The highest BCUT2D eigenvalue weighted by Crippen LogP contribution is 2.38. The molecule has 0 radical (unpaired) electrons. The second-order valence-electron chi connectivity index (χ2n) is 7.48. The Kier molecular flexibility index (Phi) is 3.90. The maximum absolute atomic E-state index is 12.2. The zero-order valence-electron chi connectivity index (χ0n) is 13.7. The van der Waals surface area contributed by atoms with Gasteiger partial charge in [-0.1, -0.05) is 0 Å². The molecule has 2 N–H and O–H groups in total. The topological polar surface area (TPSA) is 93.1 Å². The molecule has 2 saturated heterocycles. The highest BCUT2D eigenvalue weighted by molar-refractivity contribution is 7.93. The Morgan fingerprint density at radius 1 is 1.26 bits per heavy atom. The number of amides is 2. The van der Waals surface area contributed by atoms with Crippen LogP contribution in [0.1, 0.15) is 46.5 Å². The first-order chi connectivity index (χ1) is 10.7. The summed E-state index contributed by atoms with van der Waals surface area (Å²) in [6, 6.07) is 1.36. The van der Waals surface area contributed by atoms with Gasteiger partial charge in [0.2, 0.25) is 0 Å². The van der Waals surface area contributed by atoms with E-state index in [-0.39, 0.29) is 28.1 Å². The molecule has 7 nitrogen and oxygen atoms in total. The summed E-state index contributed by atoms with van der Waals surface area (Å²) in [5, 5.41) is 9.40. The first kappa shape index (κ1) is 16.3. The summed E-state index contributed by atoms with van der Waals surface area (Å²) < 4.78 is 25.9. The fourth-order valence-electron chi connectivity index (χ4n) is 3.60. The molecule has 2 fully saturated rings. The number of nitrogens with one attached hydrogen (secondary N) is 2. The second kappa shape index (κ2) is 5.51. The Labute approximate surface area is 136 Å². The summed E-state index contributed by atoms with van der Waals surface area (Å²) in [5.41, 5.74) is -0.232. The van der Waals surface area contributed by atoms with Gasteiger partial charge in [-0.3, -0.25) is 5.32 Å². The molecule has 0 aliphatic carbocycles. The maximum Gasteiger partial charge on any atom is 0.320 e. The van der Waals surface area contributed by atoms with Crippen LogP contribution < -0.4 is 10.6 Å². The van der Waals surface area contributed by atoms with E-state index in [0.717, 1.165) is 12.8 Å². The Morgan fingerprint density at radius 2 is 1.87 bits per heavy atom. The zero-order valence-corrected chi connectivity index (χ0v) is 14.6. The zero-order chi connectivity index (χ0) is 16.8. The van der Waals surface area contributed by atoms with Crippen LogP contribution in [0.2, 0.25) is 0 Å². The Bertz CT molecular complexity index is 685. The molecule has 2 amide bonds. The maximum atomic E-state index is 12.2. The van der Waals surface area contributed by atoms with Crippen LogP contribution in [0.3, 0.4) is 0 Å². The number of anilines is 1. The molecular formula is C15H24N4O3S. The first-order valence-corrected chi connectivity index (χ1v) is 9.63. The lowest BCUT2D eigenvalue weighted by molar-refractivity contribution is 0.246. The lowest BCUT2D eigenvalue weighted by atomic mass is 10.1. The van der Waals surface area contributed by atoms with Crippen molar-refractivity contribution >= 4 is 21.7 Å². The molecule has 0 saturated carbocycles. The average molecular weight is 340 g/mol. The minimum Gasteiger partial charge on any atom is -0.335 e. The Hall–Kier alpha value is -1.57. The van der Waals surface area contributed by atoms with Gasteiger partial charge in [-0.15, -0.1) is 0 Å². The average Bonchev–Trinajstić information content (AvgIpc) is 2.89. The van der Waals surface area contributed by atoms with E-state index in [9.17, 15) is 13.2 Å². The SMILES string of the molecule is CC(C)(C)n1nccc1NC(=O)NC1CC2CCC(C1)S2(=O)=O. The van der Waals surface area contributed by atoms with E-state index in [2.05, 4.69) is 15.7 Å². The highest BCUT2D eigenvalue weighted by Gasteiger charge is 2.47. The molecule has 2 aliphatic rings. The van der Waals surface area contributed by atoms with E-state index in [4.69, 9.17) is 0 Å². The molecule has 3 rings (SSSR count). The third-order valence-electron chi connectivity index (χ3n) is 4.69. The molecule has 128 valence electrons. The van der Waals surface area contributed by atoms with Gasteiger partial charge >= 0.3 is 6.03 Å². The van der Waals surface area contributed by atoms with Crippen molar-refractivity contribution in [1.29, 1.82) is 0 Å². The molecule has 2 unspecified atom stereocenters. The van der Waals surface area contributed by atoms with Crippen LogP contribution in [0.25, 0.3) is 0 Å². The predicted octanol–water partition coefficient (Wildman–Crippen LogP) is 1.87. The van der Waals surface area contributed by atoms with Crippen LogP contribution in [0.15, 0.2) is 12.3 Å². The smallest absolute Gasteiger partial charge is 0.320 e. The molecule has 8 heteroatoms. The number of hydrogen-bond donors (Lipinski definition) is 2. The number of nitrogens with zero attached hydrogens (tertiary/aromatic N) is 2. The monoisotopic (exact) mass is 340 g/mol. The number of aromatic nitrogens is 2. The summed E-state index contributed by atoms with van der Waals surface area (Å²) in [6.45, 7) is 6.02. The largest absolute Gasteiger partial charge is 0.335 e. The van der Waals surface area contributed by atoms with E-state index in [0.29, 0.717) is 18.7 Å². The number of carbonyl (C=O) groups is 1. The summed E-state index contributed by atoms with van der Waals surface area (Å²) >= 11 is 0. The molecule has 2 bridgehead atoms. The predicted molar refractivity (Wildman–Crippen MR) is 88.1 cm³/mol. The molecule has 23 heavy (non-hydrogen) atoms. The van der Waals surface area contributed by atoms with Crippen LogP contribution in [-0.4, -0.2) is 40.8 Å². The van der Waals surface area contributed by atoms with Crippen LogP contribution >= 0.6 is 0 Å². The minimum atomic E-state index is -2.96. The van der Waals surface area contributed by atoms with E-state index in [1.165, 1.54) is 0 Å². The molecule has 3 heterocycles. The number of rotatable bonds is 2. The standard InChI is InChI=1S/C15H24N4O3S/c1-15(2,3)19-13(6-7-16-19)18-14(20)17-10-8-11-4-5-12(9-10)23(11,21)22/h6-7,10-12H,4-5,8-9H2,1-3H3,(H2,17,18,20). The molecular weight excluding hydrogens is 316 g/mol.